The van der Waals surface area contributed by atoms with Gasteiger partial charge in [-0.05, 0) is 23.6 Å². The second-order valence-corrected chi connectivity index (χ2v) is 5.84. The maximum Gasteiger partial charge on any atom is 0.254 e. The van der Waals surface area contributed by atoms with E-state index in [-0.39, 0.29) is 17.8 Å². The Bertz CT molecular complexity index is 939. The first-order valence-electron chi connectivity index (χ1n) is 6.88. The highest BCUT2D eigenvalue weighted by atomic mass is 32.1. The standard InChI is InChI=1S/C16H11F2N3O2S/c17-11-4-3-10(6-12(11)18)20-15(22)8-21-9-19-13(7-16(21)23)14-2-1-5-24-14/h1-7,9H,8H2,(H,20,22). The van der Waals surface area contributed by atoms with Crippen molar-refractivity contribution in [1.29, 1.82) is 0 Å². The fourth-order valence-electron chi connectivity index (χ4n) is 2.03. The first kappa shape index (κ1) is 16.0. The first-order valence-corrected chi connectivity index (χ1v) is 7.76. The summed E-state index contributed by atoms with van der Waals surface area (Å²) in [6.45, 7) is -0.282. The van der Waals surface area contributed by atoms with Gasteiger partial charge in [0.2, 0.25) is 5.91 Å². The van der Waals surface area contributed by atoms with Crippen LogP contribution in [0, 0.1) is 11.6 Å². The van der Waals surface area contributed by atoms with Gasteiger partial charge in [0.05, 0.1) is 16.9 Å². The first-order chi connectivity index (χ1) is 11.5. The molecule has 2 aromatic heterocycles. The van der Waals surface area contributed by atoms with Gasteiger partial charge >= 0.3 is 0 Å². The fourth-order valence-corrected chi connectivity index (χ4v) is 2.73. The molecule has 3 aromatic rings. The molecule has 0 radical (unpaired) electrons. The number of rotatable bonds is 4. The minimum Gasteiger partial charge on any atom is -0.324 e. The van der Waals surface area contributed by atoms with Crippen LogP contribution in [0.15, 0.2) is 52.9 Å². The molecule has 1 aromatic carbocycles. The van der Waals surface area contributed by atoms with E-state index in [9.17, 15) is 18.4 Å². The Kier molecular flexibility index (Phi) is 4.48. The summed E-state index contributed by atoms with van der Waals surface area (Å²) in [5.41, 5.74) is 0.260. The summed E-state index contributed by atoms with van der Waals surface area (Å²) >= 11 is 1.45. The number of amides is 1. The molecule has 0 spiro atoms. The largest absolute Gasteiger partial charge is 0.324 e. The Morgan fingerprint density at radius 2 is 2.04 bits per heavy atom. The van der Waals surface area contributed by atoms with Gasteiger partial charge in [-0.15, -0.1) is 11.3 Å². The molecule has 24 heavy (non-hydrogen) atoms. The van der Waals surface area contributed by atoms with E-state index in [1.54, 1.807) is 0 Å². The average molecular weight is 347 g/mol. The Hall–Kier alpha value is -2.87. The van der Waals surface area contributed by atoms with E-state index in [0.29, 0.717) is 5.69 Å². The van der Waals surface area contributed by atoms with Crippen molar-refractivity contribution in [1.82, 2.24) is 9.55 Å². The Morgan fingerprint density at radius 3 is 2.71 bits per heavy atom. The Balaban J connectivity index is 1.72. The van der Waals surface area contributed by atoms with Crippen molar-refractivity contribution in [2.24, 2.45) is 0 Å². The number of anilines is 1. The molecule has 8 heteroatoms. The molecule has 2 heterocycles. The smallest absolute Gasteiger partial charge is 0.254 e. The van der Waals surface area contributed by atoms with E-state index in [4.69, 9.17) is 0 Å². The lowest BCUT2D eigenvalue weighted by Crippen LogP contribution is -2.27. The predicted octanol–water partition coefficient (Wildman–Crippen LogP) is 2.89. The third-order valence-corrected chi connectivity index (χ3v) is 4.06. The van der Waals surface area contributed by atoms with E-state index in [0.717, 1.165) is 21.6 Å². The van der Waals surface area contributed by atoms with Crippen molar-refractivity contribution in [3.05, 3.63) is 70.1 Å². The summed E-state index contributed by atoms with van der Waals surface area (Å²) in [7, 11) is 0. The number of benzene rings is 1. The van der Waals surface area contributed by atoms with Gasteiger partial charge in [0.15, 0.2) is 11.6 Å². The second-order valence-electron chi connectivity index (χ2n) is 4.89. The lowest BCUT2D eigenvalue weighted by atomic mass is 10.3. The molecule has 0 atom stereocenters. The van der Waals surface area contributed by atoms with Gasteiger partial charge in [-0.25, -0.2) is 13.8 Å². The molecule has 1 amide bonds. The topological polar surface area (TPSA) is 64.0 Å². The number of carbonyl (C=O) groups is 1. The third kappa shape index (κ3) is 3.54. The van der Waals surface area contributed by atoms with Crippen LogP contribution in [0.1, 0.15) is 0 Å². The molecule has 3 rings (SSSR count). The molecule has 0 saturated carbocycles. The van der Waals surface area contributed by atoms with Crippen LogP contribution in [-0.2, 0) is 11.3 Å². The predicted molar refractivity (Wildman–Crippen MR) is 86.8 cm³/mol. The number of aromatic nitrogens is 2. The number of nitrogens with one attached hydrogen (secondary N) is 1. The van der Waals surface area contributed by atoms with Crippen LogP contribution in [0.25, 0.3) is 10.6 Å². The Morgan fingerprint density at radius 1 is 1.21 bits per heavy atom. The van der Waals surface area contributed by atoms with Crippen molar-refractivity contribution in [2.45, 2.75) is 6.54 Å². The molecule has 0 aliphatic heterocycles. The number of halogens is 2. The molecular formula is C16H11F2N3O2S. The highest BCUT2D eigenvalue weighted by Crippen LogP contribution is 2.20. The molecule has 0 fully saturated rings. The Labute approximate surface area is 139 Å². The summed E-state index contributed by atoms with van der Waals surface area (Å²) < 4.78 is 27.1. The lowest BCUT2D eigenvalue weighted by Gasteiger charge is -2.08. The van der Waals surface area contributed by atoms with Gasteiger partial charge in [-0.2, -0.15) is 0 Å². The summed E-state index contributed by atoms with van der Waals surface area (Å²) in [5, 5.41) is 4.27. The van der Waals surface area contributed by atoms with Gasteiger partial charge in [-0.3, -0.25) is 14.2 Å². The van der Waals surface area contributed by atoms with Crippen LogP contribution >= 0.6 is 11.3 Å². The molecule has 0 aliphatic carbocycles. The summed E-state index contributed by atoms with van der Waals surface area (Å²) in [6.07, 6.45) is 1.28. The number of carbonyl (C=O) groups excluding carboxylic acids is 1. The summed E-state index contributed by atoms with van der Waals surface area (Å²) in [5.74, 6) is -2.61. The van der Waals surface area contributed by atoms with Crippen molar-refractivity contribution in [2.75, 3.05) is 5.32 Å². The van der Waals surface area contributed by atoms with E-state index in [2.05, 4.69) is 10.3 Å². The van der Waals surface area contributed by atoms with E-state index in [1.807, 2.05) is 17.5 Å². The van der Waals surface area contributed by atoms with Crippen LogP contribution in [0.5, 0.6) is 0 Å². The zero-order chi connectivity index (χ0) is 17.1. The summed E-state index contributed by atoms with van der Waals surface area (Å²) in [6, 6.07) is 8.05. The maximum atomic E-state index is 13.1. The van der Waals surface area contributed by atoms with Crippen molar-refractivity contribution < 1.29 is 13.6 Å². The molecule has 0 saturated heterocycles. The zero-order valence-corrected chi connectivity index (χ0v) is 13.0. The van der Waals surface area contributed by atoms with Crippen molar-refractivity contribution in [3.8, 4) is 10.6 Å². The van der Waals surface area contributed by atoms with E-state index >= 15 is 0 Å². The van der Waals surface area contributed by atoms with Gasteiger partial charge in [-0.1, -0.05) is 6.07 Å². The van der Waals surface area contributed by atoms with E-state index in [1.165, 1.54) is 29.8 Å². The normalized spacial score (nSPS) is 10.6. The maximum absolute atomic E-state index is 13.1. The monoisotopic (exact) mass is 347 g/mol. The van der Waals surface area contributed by atoms with E-state index < -0.39 is 17.5 Å². The quantitative estimate of drug-likeness (QED) is 0.789. The van der Waals surface area contributed by atoms with Crippen LogP contribution in [0.4, 0.5) is 14.5 Å². The molecule has 5 nitrogen and oxygen atoms in total. The fraction of sp³-hybridized carbons (Fsp3) is 0.0625. The zero-order valence-electron chi connectivity index (χ0n) is 12.2. The SMILES string of the molecule is O=C(Cn1cnc(-c2cccs2)cc1=O)Nc1ccc(F)c(F)c1. The van der Waals surface area contributed by atoms with Gasteiger partial charge in [0.25, 0.3) is 5.56 Å². The van der Waals surface area contributed by atoms with Crippen LogP contribution in [0.3, 0.4) is 0 Å². The number of hydrogen-bond acceptors (Lipinski definition) is 4. The van der Waals surface area contributed by atoms with Crippen LogP contribution in [-0.4, -0.2) is 15.5 Å². The molecule has 0 bridgehead atoms. The molecule has 1 N–H and O–H groups in total. The summed E-state index contributed by atoms with van der Waals surface area (Å²) in [4.78, 5) is 29.0. The minimum atomic E-state index is -1.06. The van der Waals surface area contributed by atoms with Crippen molar-refractivity contribution >= 4 is 22.9 Å². The van der Waals surface area contributed by atoms with Crippen molar-refractivity contribution in [3.63, 3.8) is 0 Å². The van der Waals surface area contributed by atoms with Gasteiger partial charge in [0.1, 0.15) is 6.54 Å². The van der Waals surface area contributed by atoms with Crippen LogP contribution in [0.2, 0.25) is 0 Å². The van der Waals surface area contributed by atoms with Crippen LogP contribution < -0.4 is 10.9 Å². The molecule has 0 unspecified atom stereocenters. The number of hydrogen-bond donors (Lipinski definition) is 1. The minimum absolute atomic E-state index is 0.107. The second kappa shape index (κ2) is 6.71. The highest BCUT2D eigenvalue weighted by Gasteiger charge is 2.09. The third-order valence-electron chi connectivity index (χ3n) is 3.17. The lowest BCUT2D eigenvalue weighted by molar-refractivity contribution is -0.116. The van der Waals surface area contributed by atoms with Gasteiger partial charge in [0, 0.05) is 17.8 Å². The molecule has 122 valence electrons. The van der Waals surface area contributed by atoms with Gasteiger partial charge < -0.3 is 5.32 Å². The average Bonchev–Trinajstić information content (AvgIpc) is 3.07. The number of thiophene rings is 1. The molecular weight excluding hydrogens is 336 g/mol. The highest BCUT2D eigenvalue weighted by molar-refractivity contribution is 7.13. The number of nitrogens with zero attached hydrogens (tertiary/aromatic N) is 2. The molecule has 0 aliphatic rings.